The van der Waals surface area contributed by atoms with Gasteiger partial charge in [-0.05, 0) is 86.3 Å². The highest BCUT2D eigenvalue weighted by atomic mass is 32.2. The number of aromatic nitrogens is 2. The number of amides is 1. The summed E-state index contributed by atoms with van der Waals surface area (Å²) < 4.78 is 2.18. The van der Waals surface area contributed by atoms with E-state index < -0.39 is 0 Å². The lowest BCUT2D eigenvalue weighted by atomic mass is 9.85. The van der Waals surface area contributed by atoms with Gasteiger partial charge in [0.05, 0.1) is 22.5 Å². The van der Waals surface area contributed by atoms with Crippen LogP contribution in [0.5, 0.6) is 0 Å². The van der Waals surface area contributed by atoms with E-state index in [-0.39, 0.29) is 11.9 Å². The van der Waals surface area contributed by atoms with Gasteiger partial charge in [-0.1, -0.05) is 38.0 Å². The molecule has 3 aromatic rings. The molecule has 2 atom stereocenters. The van der Waals surface area contributed by atoms with E-state index in [4.69, 9.17) is 4.99 Å². The number of hydrogen-bond donors (Lipinski definition) is 0. The lowest BCUT2D eigenvalue weighted by Crippen LogP contribution is -2.44. The lowest BCUT2D eigenvalue weighted by Gasteiger charge is -2.35. The van der Waals surface area contributed by atoms with Crippen molar-refractivity contribution in [2.75, 3.05) is 0 Å². The molecule has 0 radical (unpaired) electrons. The second-order valence-corrected chi connectivity index (χ2v) is 10.2. The Morgan fingerprint density at radius 3 is 2.62 bits per heavy atom. The minimum absolute atomic E-state index is 0.0737. The monoisotopic (exact) mass is 470 g/mol. The third-order valence-corrected chi connectivity index (χ3v) is 7.86. The van der Waals surface area contributed by atoms with E-state index in [0.717, 1.165) is 57.7 Å². The number of aryl methyl sites for hydroxylation is 1. The SMILES string of the molecule is Cc1cc(/C=C2\SC(=Nc3ccccc3)N([C@@H]3CCCC[C@@H]3C)C2=O)c(C)n1-c1cccnc1. The second-order valence-electron chi connectivity index (χ2n) is 9.22. The number of benzene rings is 1. The van der Waals surface area contributed by atoms with E-state index >= 15 is 0 Å². The van der Waals surface area contributed by atoms with Gasteiger partial charge >= 0.3 is 0 Å². The Hall–Kier alpha value is -3.12. The maximum Gasteiger partial charge on any atom is 0.267 e. The average molecular weight is 471 g/mol. The first-order valence-electron chi connectivity index (χ1n) is 12.0. The number of hydrogen-bond acceptors (Lipinski definition) is 4. The highest BCUT2D eigenvalue weighted by Gasteiger charge is 2.41. The number of aliphatic imine (C=N–C) groups is 1. The molecular formula is C28H30N4OS. The third kappa shape index (κ3) is 4.34. The average Bonchev–Trinajstić information content (AvgIpc) is 3.30. The highest BCUT2D eigenvalue weighted by Crippen LogP contribution is 2.40. The van der Waals surface area contributed by atoms with Crippen molar-refractivity contribution in [3.8, 4) is 5.69 Å². The summed E-state index contributed by atoms with van der Waals surface area (Å²) in [5.74, 6) is 0.541. The fourth-order valence-electron chi connectivity index (χ4n) is 5.11. The van der Waals surface area contributed by atoms with Gasteiger partial charge in [-0.3, -0.25) is 14.7 Å². The zero-order chi connectivity index (χ0) is 23.7. The van der Waals surface area contributed by atoms with Crippen molar-refractivity contribution in [2.24, 2.45) is 10.9 Å². The standard InChI is InChI=1S/C28H30N4OS/c1-19-10-7-8-14-25(19)32-27(33)26(34-28(32)30-23-11-5-4-6-12-23)17-22-16-20(2)31(21(22)3)24-13-9-15-29-18-24/h4-6,9,11-13,15-19,25H,7-8,10,14H2,1-3H3/b26-17-,30-28?/t19-,25+/m0/s1. The molecule has 0 spiro atoms. The van der Waals surface area contributed by atoms with Gasteiger partial charge in [0.25, 0.3) is 5.91 Å². The Kier molecular flexibility index (Phi) is 6.42. The molecule has 2 fully saturated rings. The van der Waals surface area contributed by atoms with E-state index in [2.05, 4.69) is 42.5 Å². The first-order valence-corrected chi connectivity index (χ1v) is 12.8. The fraction of sp³-hybridized carbons (Fsp3) is 0.321. The van der Waals surface area contributed by atoms with Crippen molar-refractivity contribution in [1.82, 2.24) is 14.5 Å². The molecule has 1 aromatic carbocycles. The first kappa shape index (κ1) is 22.7. The lowest BCUT2D eigenvalue weighted by molar-refractivity contribution is -0.124. The van der Waals surface area contributed by atoms with Crippen molar-refractivity contribution < 1.29 is 4.79 Å². The smallest absolute Gasteiger partial charge is 0.267 e. The molecular weight excluding hydrogens is 440 g/mol. The molecule has 6 heteroatoms. The molecule has 34 heavy (non-hydrogen) atoms. The summed E-state index contributed by atoms with van der Waals surface area (Å²) in [6, 6.07) is 16.3. The minimum Gasteiger partial charge on any atom is -0.316 e. The normalized spacial score (nSPS) is 23.3. The Morgan fingerprint density at radius 2 is 1.88 bits per heavy atom. The van der Waals surface area contributed by atoms with Crippen LogP contribution in [-0.4, -0.2) is 31.6 Å². The number of para-hydroxylation sites is 1. The van der Waals surface area contributed by atoms with Gasteiger partial charge in [-0.25, -0.2) is 4.99 Å². The number of pyridine rings is 1. The summed E-state index contributed by atoms with van der Waals surface area (Å²) in [7, 11) is 0. The molecule has 0 unspecified atom stereocenters. The molecule has 2 aromatic heterocycles. The summed E-state index contributed by atoms with van der Waals surface area (Å²) in [4.78, 5) is 25.7. The van der Waals surface area contributed by atoms with E-state index in [9.17, 15) is 4.79 Å². The molecule has 1 saturated heterocycles. The quantitative estimate of drug-likeness (QED) is 0.400. The van der Waals surface area contributed by atoms with Crippen LogP contribution >= 0.6 is 11.8 Å². The zero-order valence-corrected chi connectivity index (χ0v) is 20.8. The van der Waals surface area contributed by atoms with E-state index in [1.807, 2.05) is 53.6 Å². The van der Waals surface area contributed by atoms with Crippen LogP contribution in [0.25, 0.3) is 11.8 Å². The molecule has 1 aliphatic heterocycles. The van der Waals surface area contributed by atoms with E-state index in [1.54, 1.807) is 6.20 Å². The predicted molar refractivity (Wildman–Crippen MR) is 140 cm³/mol. The molecule has 1 aliphatic carbocycles. The van der Waals surface area contributed by atoms with Crippen molar-refractivity contribution in [3.63, 3.8) is 0 Å². The minimum atomic E-state index is 0.0737. The fourth-order valence-corrected chi connectivity index (χ4v) is 6.14. The van der Waals surface area contributed by atoms with Crippen LogP contribution in [0.3, 0.4) is 0 Å². The largest absolute Gasteiger partial charge is 0.316 e. The molecule has 5 rings (SSSR count). The number of nitrogens with zero attached hydrogens (tertiary/aromatic N) is 4. The Morgan fingerprint density at radius 1 is 1.09 bits per heavy atom. The number of rotatable bonds is 4. The van der Waals surface area contributed by atoms with Crippen LogP contribution in [0, 0.1) is 19.8 Å². The van der Waals surface area contributed by atoms with E-state index in [1.165, 1.54) is 18.2 Å². The van der Waals surface area contributed by atoms with Crippen molar-refractivity contribution in [3.05, 3.63) is 82.8 Å². The van der Waals surface area contributed by atoms with Gasteiger partial charge < -0.3 is 4.57 Å². The van der Waals surface area contributed by atoms with Gasteiger partial charge in [-0.2, -0.15) is 0 Å². The van der Waals surface area contributed by atoms with Crippen LogP contribution < -0.4 is 0 Å². The van der Waals surface area contributed by atoms with E-state index in [0.29, 0.717) is 5.92 Å². The second kappa shape index (κ2) is 9.63. The summed E-state index contributed by atoms with van der Waals surface area (Å²) in [5, 5.41) is 0.794. The molecule has 5 nitrogen and oxygen atoms in total. The summed E-state index contributed by atoms with van der Waals surface area (Å²) >= 11 is 1.50. The van der Waals surface area contributed by atoms with Gasteiger partial charge in [0, 0.05) is 23.6 Å². The molecule has 0 N–H and O–H groups in total. The predicted octanol–water partition coefficient (Wildman–Crippen LogP) is 6.67. The molecule has 174 valence electrons. The molecule has 2 aliphatic rings. The first-order chi connectivity index (χ1) is 16.5. The maximum absolute atomic E-state index is 13.8. The van der Waals surface area contributed by atoms with Crippen molar-refractivity contribution in [1.29, 1.82) is 0 Å². The van der Waals surface area contributed by atoms with Crippen LogP contribution in [0.2, 0.25) is 0 Å². The van der Waals surface area contributed by atoms with Crippen LogP contribution in [-0.2, 0) is 4.79 Å². The summed E-state index contributed by atoms with van der Waals surface area (Å²) in [6.07, 6.45) is 10.3. The Bertz CT molecular complexity index is 1250. The Balaban J connectivity index is 1.54. The number of carbonyl (C=O) groups is 1. The van der Waals surface area contributed by atoms with Gasteiger partial charge in [0.1, 0.15) is 0 Å². The third-order valence-electron chi connectivity index (χ3n) is 6.88. The highest BCUT2D eigenvalue weighted by molar-refractivity contribution is 8.18. The molecule has 0 bridgehead atoms. The van der Waals surface area contributed by atoms with Crippen LogP contribution in [0.4, 0.5) is 5.69 Å². The van der Waals surface area contributed by atoms with Crippen molar-refractivity contribution >= 4 is 34.6 Å². The zero-order valence-electron chi connectivity index (χ0n) is 19.9. The van der Waals surface area contributed by atoms with Crippen LogP contribution in [0.15, 0.2) is 70.8 Å². The maximum atomic E-state index is 13.8. The van der Waals surface area contributed by atoms with Gasteiger partial charge in [0.2, 0.25) is 0 Å². The molecule has 1 saturated carbocycles. The molecule has 3 heterocycles. The number of carbonyl (C=O) groups excluding carboxylic acids is 1. The van der Waals surface area contributed by atoms with Crippen molar-refractivity contribution in [2.45, 2.75) is 52.5 Å². The summed E-state index contributed by atoms with van der Waals surface area (Å²) in [6.45, 7) is 6.45. The Labute approximate surface area is 205 Å². The molecule has 1 amide bonds. The number of amidine groups is 1. The van der Waals surface area contributed by atoms with Crippen LogP contribution in [0.1, 0.15) is 49.6 Å². The topological polar surface area (TPSA) is 50.5 Å². The summed E-state index contributed by atoms with van der Waals surface area (Å²) in [5.41, 5.74) is 5.16. The van der Waals surface area contributed by atoms with Gasteiger partial charge in [0.15, 0.2) is 5.17 Å². The van der Waals surface area contributed by atoms with Gasteiger partial charge in [-0.15, -0.1) is 0 Å². The number of thioether (sulfide) groups is 1.